The maximum atomic E-state index is 12.6. The summed E-state index contributed by atoms with van der Waals surface area (Å²) in [5, 5.41) is 14.7. The van der Waals surface area contributed by atoms with Crippen molar-refractivity contribution in [1.82, 2.24) is 15.5 Å². The lowest BCUT2D eigenvalue weighted by atomic mass is 9.89. The van der Waals surface area contributed by atoms with E-state index in [4.69, 9.17) is 4.74 Å². The van der Waals surface area contributed by atoms with Crippen molar-refractivity contribution >= 4 is 40.6 Å². The van der Waals surface area contributed by atoms with Crippen molar-refractivity contribution in [2.45, 2.75) is 30.0 Å². The van der Waals surface area contributed by atoms with Crippen LogP contribution in [0.3, 0.4) is 0 Å². The number of amides is 2. The Bertz CT molecular complexity index is 809. The van der Waals surface area contributed by atoms with Crippen LogP contribution in [-0.2, 0) is 9.59 Å². The van der Waals surface area contributed by atoms with Crippen LogP contribution >= 0.6 is 23.1 Å². The second kappa shape index (κ2) is 8.50. The van der Waals surface area contributed by atoms with Gasteiger partial charge >= 0.3 is 0 Å². The van der Waals surface area contributed by atoms with Crippen molar-refractivity contribution in [3.63, 3.8) is 0 Å². The topological polar surface area (TPSA) is 93.2 Å². The normalized spacial score (nSPS) is 15.9. The molecule has 0 spiro atoms. The second-order valence-corrected chi connectivity index (χ2v) is 8.33. The molecule has 0 saturated carbocycles. The fourth-order valence-corrected chi connectivity index (χ4v) is 4.59. The first kappa shape index (κ1) is 18.7. The van der Waals surface area contributed by atoms with E-state index in [2.05, 4.69) is 20.8 Å². The van der Waals surface area contributed by atoms with Crippen LogP contribution in [0.5, 0.6) is 5.75 Å². The zero-order valence-electron chi connectivity index (χ0n) is 14.6. The van der Waals surface area contributed by atoms with E-state index in [0.717, 1.165) is 27.1 Å². The highest BCUT2D eigenvalue weighted by Gasteiger charge is 2.32. The Balaban J connectivity index is 1.54. The fraction of sp³-hybridized carbons (Fsp3) is 0.412. The smallest absolute Gasteiger partial charge is 0.228 e. The number of hydrogen-bond donors (Lipinski definition) is 2. The number of fused-ring (bicyclic) bond motifs is 1. The maximum absolute atomic E-state index is 12.6. The summed E-state index contributed by atoms with van der Waals surface area (Å²) in [6.07, 6.45) is 0.962. The summed E-state index contributed by atoms with van der Waals surface area (Å²) in [7, 11) is 1.54. The van der Waals surface area contributed by atoms with Gasteiger partial charge in [-0.05, 0) is 25.0 Å². The van der Waals surface area contributed by atoms with Crippen LogP contribution in [0, 0.1) is 6.92 Å². The number of aromatic nitrogens is 2. The van der Waals surface area contributed by atoms with Gasteiger partial charge in [-0.3, -0.25) is 9.59 Å². The minimum absolute atomic E-state index is 0.133. The number of nitrogens with one attached hydrogen (secondary N) is 2. The Labute approximate surface area is 159 Å². The van der Waals surface area contributed by atoms with Gasteiger partial charge in [0.25, 0.3) is 0 Å². The number of para-hydroxylation sites is 1. The number of rotatable bonds is 7. The highest BCUT2D eigenvalue weighted by molar-refractivity contribution is 8.01. The van der Waals surface area contributed by atoms with Gasteiger partial charge in [-0.2, -0.15) is 0 Å². The Morgan fingerprint density at radius 2 is 2.31 bits per heavy atom. The summed E-state index contributed by atoms with van der Waals surface area (Å²) in [5.41, 5.74) is 1.38. The fourth-order valence-electron chi connectivity index (χ4n) is 2.77. The Morgan fingerprint density at radius 3 is 3.04 bits per heavy atom. The molecule has 0 unspecified atom stereocenters. The van der Waals surface area contributed by atoms with Gasteiger partial charge in [-0.25, -0.2) is 0 Å². The molecule has 2 N–H and O–H groups in total. The molecule has 1 atom stereocenters. The van der Waals surface area contributed by atoms with Crippen molar-refractivity contribution < 1.29 is 14.3 Å². The summed E-state index contributed by atoms with van der Waals surface area (Å²) >= 11 is 3.20. The molecule has 1 aromatic heterocycles. The number of benzene rings is 1. The monoisotopic (exact) mass is 392 g/mol. The molecule has 138 valence electrons. The van der Waals surface area contributed by atoms with Gasteiger partial charge in [0.15, 0.2) is 4.34 Å². The molecule has 1 aromatic carbocycles. The van der Waals surface area contributed by atoms with Gasteiger partial charge in [0.05, 0.1) is 18.7 Å². The molecule has 2 amide bonds. The van der Waals surface area contributed by atoms with E-state index in [1.54, 1.807) is 36.3 Å². The van der Waals surface area contributed by atoms with Crippen LogP contribution in [0.25, 0.3) is 0 Å². The number of aryl methyl sites for hydroxylation is 1. The van der Waals surface area contributed by atoms with Crippen molar-refractivity contribution in [2.24, 2.45) is 0 Å². The summed E-state index contributed by atoms with van der Waals surface area (Å²) in [5.74, 6) is 0.615. The largest absolute Gasteiger partial charge is 0.495 e. The second-order valence-electron chi connectivity index (χ2n) is 5.81. The quantitative estimate of drug-likeness (QED) is 0.556. The summed E-state index contributed by atoms with van der Waals surface area (Å²) < 4.78 is 6.23. The van der Waals surface area contributed by atoms with Crippen LogP contribution in [0.2, 0.25) is 0 Å². The number of carbonyl (C=O) groups excluding carboxylic acids is 2. The lowest BCUT2D eigenvalue weighted by molar-refractivity contribution is -0.126. The average molecular weight is 393 g/mol. The van der Waals surface area contributed by atoms with Crippen molar-refractivity contribution in [2.75, 3.05) is 24.7 Å². The summed E-state index contributed by atoms with van der Waals surface area (Å²) in [6, 6.07) is 5.46. The van der Waals surface area contributed by atoms with Crippen LogP contribution in [0.1, 0.15) is 29.3 Å². The van der Waals surface area contributed by atoms with Crippen LogP contribution in [0.15, 0.2) is 22.5 Å². The number of thioether (sulfide) groups is 1. The molecule has 0 aliphatic carbocycles. The number of methoxy groups -OCH3 is 1. The van der Waals surface area contributed by atoms with Crippen molar-refractivity contribution in [1.29, 1.82) is 0 Å². The molecule has 26 heavy (non-hydrogen) atoms. The van der Waals surface area contributed by atoms with E-state index in [0.29, 0.717) is 18.0 Å². The minimum Gasteiger partial charge on any atom is -0.495 e. The first-order valence-electron chi connectivity index (χ1n) is 8.26. The molecule has 3 rings (SSSR count). The Morgan fingerprint density at radius 1 is 1.46 bits per heavy atom. The summed E-state index contributed by atoms with van der Waals surface area (Å²) in [4.78, 5) is 24.6. The van der Waals surface area contributed by atoms with E-state index in [9.17, 15) is 9.59 Å². The van der Waals surface area contributed by atoms with Crippen LogP contribution < -0.4 is 15.4 Å². The van der Waals surface area contributed by atoms with Gasteiger partial charge in [0, 0.05) is 18.7 Å². The number of carbonyl (C=O) groups is 2. The molecule has 9 heteroatoms. The van der Waals surface area contributed by atoms with Gasteiger partial charge in [0.1, 0.15) is 10.8 Å². The lowest BCUT2D eigenvalue weighted by Crippen LogP contribution is -2.35. The maximum Gasteiger partial charge on any atom is 0.228 e. The van der Waals surface area contributed by atoms with Gasteiger partial charge in [-0.15, -0.1) is 10.2 Å². The summed E-state index contributed by atoms with van der Waals surface area (Å²) in [6.45, 7) is 2.48. The molecule has 2 heterocycles. The Kier molecular flexibility index (Phi) is 6.10. The van der Waals surface area contributed by atoms with Gasteiger partial charge in [0.2, 0.25) is 11.8 Å². The molecule has 0 bridgehead atoms. The molecule has 1 aliphatic rings. The number of hydrogen-bond acceptors (Lipinski definition) is 7. The molecule has 0 radical (unpaired) electrons. The van der Waals surface area contributed by atoms with Gasteiger partial charge in [-0.1, -0.05) is 35.2 Å². The highest BCUT2D eigenvalue weighted by Crippen LogP contribution is 2.38. The predicted molar refractivity (Wildman–Crippen MR) is 102 cm³/mol. The van der Waals surface area contributed by atoms with E-state index in [1.165, 1.54) is 0 Å². The average Bonchev–Trinajstić information content (AvgIpc) is 3.05. The molecule has 0 fully saturated rings. The molecule has 7 nitrogen and oxygen atoms in total. The zero-order chi connectivity index (χ0) is 18.5. The standard InChI is InChI=1S/C17H20N4O3S2/c1-10-20-21-17(26-10)25-8-4-7-18-16(23)12-9-14(22)19-15-11(12)5-3-6-13(15)24-2/h3,5-6,12H,4,7-9H2,1-2H3,(H,18,23)(H,19,22)/t12-/m0/s1. The molecular formula is C17H20N4O3S2. The zero-order valence-corrected chi connectivity index (χ0v) is 16.2. The highest BCUT2D eigenvalue weighted by atomic mass is 32.2. The molecule has 2 aromatic rings. The molecule has 1 aliphatic heterocycles. The van der Waals surface area contributed by atoms with E-state index >= 15 is 0 Å². The third-order valence-electron chi connectivity index (χ3n) is 3.98. The first-order chi connectivity index (χ1) is 12.6. The first-order valence-corrected chi connectivity index (χ1v) is 10.1. The molecule has 0 saturated heterocycles. The van der Waals surface area contributed by atoms with E-state index in [-0.39, 0.29) is 18.2 Å². The molecular weight excluding hydrogens is 372 g/mol. The van der Waals surface area contributed by atoms with Gasteiger partial charge < -0.3 is 15.4 Å². The SMILES string of the molecule is COc1cccc2c1NC(=O)C[C@@H]2C(=O)NCCCSc1nnc(C)s1. The van der Waals surface area contributed by atoms with E-state index < -0.39 is 5.92 Å². The number of ether oxygens (including phenoxy) is 1. The predicted octanol–water partition coefficient (Wildman–Crippen LogP) is 2.58. The third-order valence-corrected chi connectivity index (χ3v) is 6.04. The van der Waals surface area contributed by atoms with Crippen molar-refractivity contribution in [3.05, 3.63) is 28.8 Å². The Hall–Kier alpha value is -2.13. The minimum atomic E-state index is -0.493. The number of nitrogens with zero attached hydrogens (tertiary/aromatic N) is 2. The van der Waals surface area contributed by atoms with E-state index in [1.807, 2.05) is 19.1 Å². The lowest BCUT2D eigenvalue weighted by Gasteiger charge is -2.26. The third kappa shape index (κ3) is 4.34. The van der Waals surface area contributed by atoms with Crippen LogP contribution in [0.4, 0.5) is 5.69 Å². The number of anilines is 1. The van der Waals surface area contributed by atoms with Crippen molar-refractivity contribution in [3.8, 4) is 5.75 Å². The van der Waals surface area contributed by atoms with Crippen LogP contribution in [-0.4, -0.2) is 41.4 Å².